The van der Waals surface area contributed by atoms with Crippen LogP contribution in [0.2, 0.25) is 0 Å². The van der Waals surface area contributed by atoms with Crippen molar-refractivity contribution in [3.8, 4) is 0 Å². The quantitative estimate of drug-likeness (QED) is 0.808. The van der Waals surface area contributed by atoms with Gasteiger partial charge >= 0.3 is 0 Å². The van der Waals surface area contributed by atoms with Gasteiger partial charge in [-0.05, 0) is 18.8 Å². The van der Waals surface area contributed by atoms with Crippen molar-refractivity contribution in [2.24, 2.45) is 11.8 Å². The Balaban J connectivity index is 1.48. The molecule has 0 saturated carbocycles. The van der Waals surface area contributed by atoms with Crippen molar-refractivity contribution >= 4 is 15.8 Å². The molecule has 2 aromatic rings. The molecule has 0 aromatic carbocycles. The van der Waals surface area contributed by atoms with Crippen LogP contribution in [0.25, 0.3) is 0 Å². The van der Waals surface area contributed by atoms with Gasteiger partial charge in [-0.3, -0.25) is 0 Å². The summed E-state index contributed by atoms with van der Waals surface area (Å²) in [7, 11) is -3.49. The van der Waals surface area contributed by atoms with Crippen molar-refractivity contribution in [3.05, 3.63) is 30.5 Å². The van der Waals surface area contributed by atoms with Crippen molar-refractivity contribution in [1.82, 2.24) is 19.4 Å². The third kappa shape index (κ3) is 2.49. The lowest BCUT2D eigenvalue weighted by Crippen LogP contribution is -2.33. The van der Waals surface area contributed by atoms with Crippen molar-refractivity contribution < 1.29 is 12.9 Å². The standard InChI is InChI=1S/C14H17N5O3S/c1-10-2-14(16-9-15-10)18-4-11-6-19(7-12(11)5-18)23(20,21)13-3-17-22-8-13/h2-3,8-9,11-12H,4-7H2,1H3. The van der Waals surface area contributed by atoms with E-state index in [1.54, 1.807) is 6.33 Å². The smallest absolute Gasteiger partial charge is 0.247 e. The van der Waals surface area contributed by atoms with Gasteiger partial charge in [0.15, 0.2) is 0 Å². The Kier molecular flexibility index (Phi) is 3.34. The van der Waals surface area contributed by atoms with Gasteiger partial charge in [0.1, 0.15) is 23.3 Å². The molecule has 2 aromatic heterocycles. The molecule has 23 heavy (non-hydrogen) atoms. The van der Waals surface area contributed by atoms with Gasteiger partial charge in [-0.25, -0.2) is 18.4 Å². The molecule has 0 radical (unpaired) electrons. The van der Waals surface area contributed by atoms with E-state index in [9.17, 15) is 8.42 Å². The monoisotopic (exact) mass is 335 g/mol. The predicted molar refractivity (Wildman–Crippen MR) is 81.2 cm³/mol. The first-order valence-electron chi connectivity index (χ1n) is 7.47. The Morgan fingerprint density at radius 3 is 2.52 bits per heavy atom. The zero-order valence-electron chi connectivity index (χ0n) is 12.7. The lowest BCUT2D eigenvalue weighted by molar-refractivity contribution is 0.415. The van der Waals surface area contributed by atoms with E-state index in [1.807, 2.05) is 13.0 Å². The van der Waals surface area contributed by atoms with E-state index in [0.717, 1.165) is 24.6 Å². The highest BCUT2D eigenvalue weighted by atomic mass is 32.2. The minimum atomic E-state index is -3.49. The minimum absolute atomic E-state index is 0.126. The van der Waals surface area contributed by atoms with E-state index in [1.165, 1.54) is 16.8 Å². The number of anilines is 1. The normalized spacial score (nSPS) is 25.0. The van der Waals surface area contributed by atoms with Crippen molar-refractivity contribution in [1.29, 1.82) is 0 Å². The molecule has 9 heteroatoms. The van der Waals surface area contributed by atoms with Crippen LogP contribution in [0.15, 0.2) is 34.3 Å². The second-order valence-corrected chi connectivity index (χ2v) is 8.06. The first-order chi connectivity index (χ1) is 11.0. The molecule has 0 N–H and O–H groups in total. The van der Waals surface area contributed by atoms with Gasteiger partial charge in [0.25, 0.3) is 0 Å². The van der Waals surface area contributed by atoms with Crippen LogP contribution in [0.3, 0.4) is 0 Å². The molecule has 2 fully saturated rings. The topological polar surface area (TPSA) is 92.4 Å². The number of rotatable bonds is 3. The molecule has 4 heterocycles. The number of aryl methyl sites for hydroxylation is 1. The Morgan fingerprint density at radius 1 is 1.17 bits per heavy atom. The Hall–Kier alpha value is -2.00. The SMILES string of the molecule is Cc1cc(N2CC3CN(S(=O)(=O)c4cnoc4)CC3C2)ncn1. The highest BCUT2D eigenvalue weighted by Crippen LogP contribution is 2.35. The van der Waals surface area contributed by atoms with Gasteiger partial charge in [0.2, 0.25) is 10.0 Å². The number of fused-ring (bicyclic) bond motifs is 1. The maximum absolute atomic E-state index is 12.5. The fourth-order valence-electron chi connectivity index (χ4n) is 3.42. The molecule has 0 spiro atoms. The van der Waals surface area contributed by atoms with Crippen molar-refractivity contribution in [2.45, 2.75) is 11.8 Å². The van der Waals surface area contributed by atoms with Crippen LogP contribution in [-0.4, -0.2) is 54.0 Å². The largest absolute Gasteiger partial charge is 0.363 e. The van der Waals surface area contributed by atoms with Crippen LogP contribution in [0.5, 0.6) is 0 Å². The first kappa shape index (κ1) is 14.6. The molecule has 0 aliphatic carbocycles. The summed E-state index contributed by atoms with van der Waals surface area (Å²) < 4.78 is 31.2. The second-order valence-electron chi connectivity index (χ2n) is 6.12. The highest BCUT2D eigenvalue weighted by molar-refractivity contribution is 7.89. The number of hydrogen-bond acceptors (Lipinski definition) is 7. The second kappa shape index (κ2) is 5.27. The van der Waals surface area contributed by atoms with E-state index in [4.69, 9.17) is 0 Å². The molecule has 2 aliphatic heterocycles. The average Bonchev–Trinajstić information content (AvgIpc) is 3.23. The summed E-state index contributed by atoms with van der Waals surface area (Å²) in [4.78, 5) is 10.8. The summed E-state index contributed by atoms with van der Waals surface area (Å²) in [6.45, 7) is 4.63. The summed E-state index contributed by atoms with van der Waals surface area (Å²) in [6, 6.07) is 1.96. The van der Waals surface area contributed by atoms with Crippen molar-refractivity contribution in [2.75, 3.05) is 31.1 Å². The highest BCUT2D eigenvalue weighted by Gasteiger charge is 2.44. The molecule has 2 saturated heterocycles. The van der Waals surface area contributed by atoms with Gasteiger partial charge in [-0.2, -0.15) is 4.31 Å². The summed E-state index contributed by atoms with van der Waals surface area (Å²) >= 11 is 0. The third-order valence-corrected chi connectivity index (χ3v) is 6.39. The Morgan fingerprint density at radius 2 is 1.91 bits per heavy atom. The van der Waals surface area contributed by atoms with Gasteiger partial charge in [-0.1, -0.05) is 5.16 Å². The van der Waals surface area contributed by atoms with E-state index in [0.29, 0.717) is 24.9 Å². The zero-order valence-corrected chi connectivity index (χ0v) is 13.5. The molecule has 122 valence electrons. The van der Waals surface area contributed by atoms with Gasteiger partial charge in [-0.15, -0.1) is 0 Å². The van der Waals surface area contributed by atoms with Gasteiger partial charge < -0.3 is 9.42 Å². The molecular weight excluding hydrogens is 318 g/mol. The Bertz CT molecular complexity index is 794. The van der Waals surface area contributed by atoms with E-state index >= 15 is 0 Å². The molecule has 4 rings (SSSR count). The number of sulfonamides is 1. The lowest BCUT2D eigenvalue weighted by Gasteiger charge is -2.21. The number of nitrogens with zero attached hydrogens (tertiary/aromatic N) is 5. The van der Waals surface area contributed by atoms with Crippen LogP contribution >= 0.6 is 0 Å². The molecule has 2 atom stereocenters. The number of hydrogen-bond donors (Lipinski definition) is 0. The van der Waals surface area contributed by atoms with Gasteiger partial charge in [0, 0.05) is 37.9 Å². The zero-order chi connectivity index (χ0) is 16.0. The van der Waals surface area contributed by atoms with Crippen LogP contribution < -0.4 is 4.90 Å². The van der Waals surface area contributed by atoms with Gasteiger partial charge in [0.05, 0.1) is 6.20 Å². The number of aromatic nitrogens is 3. The summed E-state index contributed by atoms with van der Waals surface area (Å²) in [6.07, 6.45) is 4.00. The summed E-state index contributed by atoms with van der Waals surface area (Å²) in [5.41, 5.74) is 0.934. The van der Waals surface area contributed by atoms with Crippen LogP contribution in [-0.2, 0) is 10.0 Å². The van der Waals surface area contributed by atoms with Crippen LogP contribution in [0, 0.1) is 18.8 Å². The fourth-order valence-corrected chi connectivity index (χ4v) is 4.83. The van der Waals surface area contributed by atoms with Crippen molar-refractivity contribution in [3.63, 3.8) is 0 Å². The van der Waals surface area contributed by atoms with Crippen LogP contribution in [0.1, 0.15) is 5.69 Å². The predicted octanol–water partition coefficient (Wildman–Crippen LogP) is 0.530. The molecule has 2 aliphatic rings. The molecule has 0 amide bonds. The Labute approximate surface area is 134 Å². The fraction of sp³-hybridized carbons (Fsp3) is 0.500. The van der Waals surface area contributed by atoms with E-state index < -0.39 is 10.0 Å². The maximum atomic E-state index is 12.5. The third-order valence-electron chi connectivity index (χ3n) is 4.61. The average molecular weight is 335 g/mol. The summed E-state index contributed by atoms with van der Waals surface area (Å²) in [5.74, 6) is 1.56. The maximum Gasteiger partial charge on any atom is 0.247 e. The van der Waals surface area contributed by atoms with E-state index in [2.05, 4.69) is 24.5 Å². The lowest BCUT2D eigenvalue weighted by atomic mass is 10.0. The first-order valence-corrected chi connectivity index (χ1v) is 8.91. The van der Waals surface area contributed by atoms with E-state index in [-0.39, 0.29) is 4.90 Å². The molecule has 8 nitrogen and oxygen atoms in total. The summed E-state index contributed by atoms with van der Waals surface area (Å²) in [5, 5.41) is 3.49. The molecule has 0 bridgehead atoms. The molecular formula is C14H17N5O3S. The van der Waals surface area contributed by atoms with Crippen LogP contribution in [0.4, 0.5) is 5.82 Å². The molecule has 2 unspecified atom stereocenters. The minimum Gasteiger partial charge on any atom is -0.363 e.